The maximum absolute atomic E-state index is 12.2. The molecule has 1 aliphatic rings. The summed E-state index contributed by atoms with van der Waals surface area (Å²) in [4.78, 5) is 12.2. The summed E-state index contributed by atoms with van der Waals surface area (Å²) < 4.78 is 0. The number of hydrogen-bond donors (Lipinski definition) is 1. The van der Waals surface area contributed by atoms with Gasteiger partial charge < -0.3 is 5.32 Å². The number of fused-ring (bicyclic) bond motifs is 1. The summed E-state index contributed by atoms with van der Waals surface area (Å²) in [5, 5.41) is 10.9. The highest BCUT2D eigenvalue weighted by molar-refractivity contribution is 5.91. The van der Waals surface area contributed by atoms with Crippen LogP contribution in [0.1, 0.15) is 40.8 Å². The van der Waals surface area contributed by atoms with Crippen LogP contribution in [-0.4, -0.2) is 16.1 Å². The Morgan fingerprint density at radius 1 is 1.09 bits per heavy atom. The van der Waals surface area contributed by atoms with Gasteiger partial charge in [0.15, 0.2) is 5.82 Å². The van der Waals surface area contributed by atoms with Crippen LogP contribution >= 0.6 is 0 Å². The minimum absolute atomic E-state index is 0.0479. The third-order valence-electron chi connectivity index (χ3n) is 4.28. The topological polar surface area (TPSA) is 54.9 Å². The lowest BCUT2D eigenvalue weighted by molar-refractivity contribution is -0.115. The average Bonchev–Trinajstić information content (AvgIpc) is 2.51. The fourth-order valence-corrected chi connectivity index (χ4v) is 2.88. The Bertz CT molecular complexity index is 709. The number of anilines is 1. The number of aryl methyl sites for hydroxylation is 4. The largest absolute Gasteiger partial charge is 0.309 e. The lowest BCUT2D eigenvalue weighted by Crippen LogP contribution is -2.16. The van der Waals surface area contributed by atoms with E-state index in [2.05, 4.69) is 33.7 Å². The summed E-state index contributed by atoms with van der Waals surface area (Å²) in [5.74, 6) is 0.472. The number of aromatic nitrogens is 2. The van der Waals surface area contributed by atoms with Gasteiger partial charge in [-0.15, -0.1) is 5.10 Å². The van der Waals surface area contributed by atoms with Gasteiger partial charge in [-0.2, -0.15) is 5.10 Å². The van der Waals surface area contributed by atoms with Gasteiger partial charge in [0.1, 0.15) is 0 Å². The molecule has 1 amide bonds. The Morgan fingerprint density at radius 2 is 1.86 bits per heavy atom. The zero-order chi connectivity index (χ0) is 15.5. The van der Waals surface area contributed by atoms with Crippen LogP contribution in [0.15, 0.2) is 24.3 Å². The number of carbonyl (C=O) groups is 1. The van der Waals surface area contributed by atoms with Crippen molar-refractivity contribution >= 4 is 11.7 Å². The van der Waals surface area contributed by atoms with Crippen molar-refractivity contribution < 1.29 is 4.79 Å². The van der Waals surface area contributed by atoms with Crippen LogP contribution in [0.5, 0.6) is 0 Å². The third-order valence-corrected chi connectivity index (χ3v) is 4.28. The second-order valence-corrected chi connectivity index (χ2v) is 6.03. The maximum atomic E-state index is 12.2. The SMILES string of the molecule is Cc1cc(NC(=O)Cc2ccc3c(c2)CCCC3)nnc1C. The quantitative estimate of drug-likeness (QED) is 0.946. The van der Waals surface area contributed by atoms with Crippen molar-refractivity contribution in [3.63, 3.8) is 0 Å². The maximum Gasteiger partial charge on any atom is 0.229 e. The van der Waals surface area contributed by atoms with Gasteiger partial charge >= 0.3 is 0 Å². The Labute approximate surface area is 131 Å². The molecule has 114 valence electrons. The molecule has 4 nitrogen and oxygen atoms in total. The molecule has 0 spiro atoms. The molecule has 0 bridgehead atoms. The van der Waals surface area contributed by atoms with E-state index in [1.54, 1.807) is 0 Å². The van der Waals surface area contributed by atoms with Crippen LogP contribution in [-0.2, 0) is 24.1 Å². The standard InChI is InChI=1S/C18H21N3O/c1-12-9-17(21-20-13(12)2)19-18(22)11-14-7-8-15-5-3-4-6-16(15)10-14/h7-10H,3-6,11H2,1-2H3,(H,19,21,22). The molecule has 0 saturated carbocycles. The summed E-state index contributed by atoms with van der Waals surface area (Å²) >= 11 is 0. The second kappa shape index (κ2) is 6.26. The molecule has 0 aliphatic heterocycles. The minimum Gasteiger partial charge on any atom is -0.309 e. The molecular weight excluding hydrogens is 274 g/mol. The van der Waals surface area contributed by atoms with Gasteiger partial charge in [-0.1, -0.05) is 18.2 Å². The van der Waals surface area contributed by atoms with Crippen molar-refractivity contribution in [2.24, 2.45) is 0 Å². The van der Waals surface area contributed by atoms with Gasteiger partial charge in [-0.25, -0.2) is 0 Å². The zero-order valence-electron chi connectivity index (χ0n) is 13.1. The monoisotopic (exact) mass is 295 g/mol. The van der Waals surface area contributed by atoms with Crippen LogP contribution < -0.4 is 5.32 Å². The van der Waals surface area contributed by atoms with Gasteiger partial charge in [-0.3, -0.25) is 4.79 Å². The molecule has 22 heavy (non-hydrogen) atoms. The first-order valence-electron chi connectivity index (χ1n) is 7.83. The highest BCUT2D eigenvalue weighted by Crippen LogP contribution is 2.22. The van der Waals surface area contributed by atoms with Gasteiger partial charge in [0, 0.05) is 0 Å². The van der Waals surface area contributed by atoms with E-state index in [0.29, 0.717) is 12.2 Å². The fraction of sp³-hybridized carbons (Fsp3) is 0.389. The first-order chi connectivity index (χ1) is 10.6. The Kier molecular flexibility index (Phi) is 4.18. The minimum atomic E-state index is -0.0479. The number of rotatable bonds is 3. The normalized spacial score (nSPS) is 13.5. The molecule has 1 N–H and O–H groups in total. The highest BCUT2D eigenvalue weighted by Gasteiger charge is 2.12. The molecule has 3 rings (SSSR count). The van der Waals surface area contributed by atoms with Gasteiger partial charge in [0.2, 0.25) is 5.91 Å². The van der Waals surface area contributed by atoms with Crippen LogP contribution in [0, 0.1) is 13.8 Å². The van der Waals surface area contributed by atoms with Crippen molar-refractivity contribution in [2.75, 3.05) is 5.32 Å². The number of nitrogens with one attached hydrogen (secondary N) is 1. The first-order valence-corrected chi connectivity index (χ1v) is 7.83. The van der Waals surface area contributed by atoms with E-state index in [4.69, 9.17) is 0 Å². The van der Waals surface area contributed by atoms with E-state index >= 15 is 0 Å². The number of carbonyl (C=O) groups excluding carboxylic acids is 1. The molecule has 2 aromatic rings. The van der Waals surface area contributed by atoms with Gasteiger partial charge in [0.25, 0.3) is 0 Å². The third kappa shape index (κ3) is 3.32. The van der Waals surface area contributed by atoms with Crippen molar-refractivity contribution in [3.8, 4) is 0 Å². The lowest BCUT2D eigenvalue weighted by atomic mass is 9.90. The number of nitrogens with zero attached hydrogens (tertiary/aromatic N) is 2. The summed E-state index contributed by atoms with van der Waals surface area (Å²) in [6.07, 6.45) is 5.20. The van der Waals surface area contributed by atoms with Crippen LogP contribution in [0.25, 0.3) is 0 Å². The molecule has 1 aromatic carbocycles. The molecule has 4 heteroatoms. The van der Waals surface area contributed by atoms with E-state index in [9.17, 15) is 4.79 Å². The van der Waals surface area contributed by atoms with E-state index in [1.807, 2.05) is 19.9 Å². The number of amides is 1. The molecule has 1 heterocycles. The van der Waals surface area contributed by atoms with Crippen molar-refractivity contribution in [1.29, 1.82) is 0 Å². The second-order valence-electron chi connectivity index (χ2n) is 6.03. The van der Waals surface area contributed by atoms with Crippen molar-refractivity contribution in [3.05, 3.63) is 52.2 Å². The number of hydrogen-bond acceptors (Lipinski definition) is 3. The Morgan fingerprint density at radius 3 is 2.64 bits per heavy atom. The molecule has 0 radical (unpaired) electrons. The lowest BCUT2D eigenvalue weighted by Gasteiger charge is -2.16. The van der Waals surface area contributed by atoms with E-state index < -0.39 is 0 Å². The Hall–Kier alpha value is -2.23. The van der Waals surface area contributed by atoms with Gasteiger partial charge in [-0.05, 0) is 67.9 Å². The molecule has 0 saturated heterocycles. The molecule has 0 fully saturated rings. The number of benzene rings is 1. The van der Waals surface area contributed by atoms with Crippen LogP contribution in [0.4, 0.5) is 5.82 Å². The summed E-state index contributed by atoms with van der Waals surface area (Å²) in [6.45, 7) is 3.87. The van der Waals surface area contributed by atoms with E-state index in [0.717, 1.165) is 23.2 Å². The zero-order valence-corrected chi connectivity index (χ0v) is 13.1. The smallest absolute Gasteiger partial charge is 0.229 e. The Balaban J connectivity index is 1.67. The molecule has 0 atom stereocenters. The average molecular weight is 295 g/mol. The highest BCUT2D eigenvalue weighted by atomic mass is 16.1. The molecule has 1 aromatic heterocycles. The first kappa shape index (κ1) is 14.7. The van der Waals surface area contributed by atoms with Crippen molar-refractivity contribution in [2.45, 2.75) is 46.0 Å². The van der Waals surface area contributed by atoms with E-state index in [1.165, 1.54) is 30.4 Å². The molecular formula is C18H21N3O. The predicted molar refractivity (Wildman–Crippen MR) is 86.9 cm³/mol. The summed E-state index contributed by atoms with van der Waals surface area (Å²) in [5.41, 5.74) is 5.82. The van der Waals surface area contributed by atoms with E-state index in [-0.39, 0.29) is 5.91 Å². The van der Waals surface area contributed by atoms with Crippen LogP contribution in [0.3, 0.4) is 0 Å². The summed E-state index contributed by atoms with van der Waals surface area (Å²) in [6, 6.07) is 8.27. The molecule has 1 aliphatic carbocycles. The van der Waals surface area contributed by atoms with Crippen LogP contribution in [0.2, 0.25) is 0 Å². The van der Waals surface area contributed by atoms with Crippen molar-refractivity contribution in [1.82, 2.24) is 10.2 Å². The predicted octanol–water partition coefficient (Wildman–Crippen LogP) is 3.15. The fourth-order valence-electron chi connectivity index (χ4n) is 2.88. The molecule has 0 unspecified atom stereocenters. The summed E-state index contributed by atoms with van der Waals surface area (Å²) in [7, 11) is 0. The van der Waals surface area contributed by atoms with Gasteiger partial charge in [0.05, 0.1) is 12.1 Å².